The number of hydrogen-bond acceptors (Lipinski definition) is 3. The molecule has 6 nitrogen and oxygen atoms in total. The summed E-state index contributed by atoms with van der Waals surface area (Å²) in [6, 6.07) is 5.04. The number of Topliss-reactive ketones (excluding diaryl/α,β-unsaturated/α-hetero) is 1. The molecule has 3 amide bonds. The average Bonchev–Trinajstić information content (AvgIpc) is 2.81. The highest BCUT2D eigenvalue weighted by Gasteiger charge is 2.34. The van der Waals surface area contributed by atoms with Crippen molar-refractivity contribution in [3.05, 3.63) is 33.8 Å². The normalized spacial score (nSPS) is 18.2. The molecule has 2 aliphatic rings. The number of hydrogen-bond donors (Lipinski definition) is 0. The lowest BCUT2D eigenvalue weighted by Crippen LogP contribution is -2.50. The Morgan fingerprint density at radius 1 is 0.871 bits per heavy atom. The van der Waals surface area contributed by atoms with E-state index in [0.717, 1.165) is 0 Å². The van der Waals surface area contributed by atoms with Gasteiger partial charge < -0.3 is 14.7 Å². The Balaban J connectivity index is 1.49. The third-order valence-corrected chi connectivity index (χ3v) is 7.27. The van der Waals surface area contributed by atoms with E-state index in [2.05, 4.69) is 0 Å². The summed E-state index contributed by atoms with van der Waals surface area (Å²) in [4.78, 5) is 43.9. The van der Waals surface area contributed by atoms with Gasteiger partial charge in [0.25, 0.3) is 0 Å². The number of halogens is 2. The van der Waals surface area contributed by atoms with E-state index in [1.165, 1.54) is 0 Å². The smallest absolute Gasteiger partial charge is 0.319 e. The summed E-state index contributed by atoms with van der Waals surface area (Å²) in [5.74, 6) is 0.0853. The van der Waals surface area contributed by atoms with Crippen LogP contribution in [0, 0.1) is 11.8 Å². The lowest BCUT2D eigenvalue weighted by Gasteiger charge is -2.38. The Morgan fingerprint density at radius 2 is 1.42 bits per heavy atom. The highest BCUT2D eigenvalue weighted by atomic mass is 35.5. The molecule has 0 aromatic heterocycles. The first-order valence-electron chi connectivity index (χ1n) is 11.2. The van der Waals surface area contributed by atoms with E-state index >= 15 is 0 Å². The molecule has 0 bridgehead atoms. The van der Waals surface area contributed by atoms with Crippen molar-refractivity contribution in [3.8, 4) is 0 Å². The molecule has 0 unspecified atom stereocenters. The number of carbonyl (C=O) groups is 3. The SMILES string of the molecule is CCN(CC)C(=O)N1CCC(C(=O)N2CCC(C(=O)c3ccc(Cl)c(Cl)c3)CC2)CC1. The van der Waals surface area contributed by atoms with Gasteiger partial charge in [-0.2, -0.15) is 0 Å². The summed E-state index contributed by atoms with van der Waals surface area (Å²) >= 11 is 12.0. The lowest BCUT2D eigenvalue weighted by molar-refractivity contribution is -0.138. The molecule has 0 radical (unpaired) electrons. The van der Waals surface area contributed by atoms with E-state index in [1.54, 1.807) is 18.2 Å². The molecular weight excluding hydrogens is 437 g/mol. The number of piperidine rings is 2. The minimum absolute atomic E-state index is 0.0388. The zero-order valence-corrected chi connectivity index (χ0v) is 19.8. The van der Waals surface area contributed by atoms with Crippen molar-refractivity contribution in [2.45, 2.75) is 39.5 Å². The number of nitrogens with zero attached hydrogens (tertiary/aromatic N) is 3. The van der Waals surface area contributed by atoms with Crippen molar-refractivity contribution in [1.29, 1.82) is 0 Å². The van der Waals surface area contributed by atoms with Crippen molar-refractivity contribution < 1.29 is 14.4 Å². The molecule has 2 aliphatic heterocycles. The van der Waals surface area contributed by atoms with Crippen LogP contribution >= 0.6 is 23.2 Å². The van der Waals surface area contributed by atoms with Gasteiger partial charge in [-0.3, -0.25) is 9.59 Å². The Bertz CT molecular complexity index is 812. The summed E-state index contributed by atoms with van der Waals surface area (Å²) in [7, 11) is 0. The fourth-order valence-electron chi connectivity index (χ4n) is 4.52. The van der Waals surface area contributed by atoms with E-state index in [4.69, 9.17) is 23.2 Å². The standard InChI is InChI=1S/C23H31Cl2N3O3/c1-3-26(4-2)23(31)28-13-9-17(10-14-28)22(30)27-11-7-16(8-12-27)21(29)18-5-6-19(24)20(25)15-18/h5-6,15-17H,3-4,7-14H2,1-2H3. The van der Waals surface area contributed by atoms with Gasteiger partial charge in [-0.05, 0) is 57.7 Å². The van der Waals surface area contributed by atoms with Gasteiger partial charge in [-0.15, -0.1) is 0 Å². The number of carbonyl (C=O) groups excluding carboxylic acids is 3. The Morgan fingerprint density at radius 3 is 1.97 bits per heavy atom. The molecule has 8 heteroatoms. The van der Waals surface area contributed by atoms with Crippen LogP contribution < -0.4 is 0 Å². The van der Waals surface area contributed by atoms with Crippen molar-refractivity contribution in [2.24, 2.45) is 11.8 Å². The Labute approximate surface area is 194 Å². The predicted molar refractivity (Wildman–Crippen MR) is 123 cm³/mol. The second kappa shape index (κ2) is 10.7. The first-order valence-corrected chi connectivity index (χ1v) is 11.9. The highest BCUT2D eigenvalue weighted by Crippen LogP contribution is 2.28. The fourth-order valence-corrected chi connectivity index (χ4v) is 4.82. The zero-order chi connectivity index (χ0) is 22.5. The Hall–Kier alpha value is -1.79. The van der Waals surface area contributed by atoms with Gasteiger partial charge in [0.15, 0.2) is 5.78 Å². The molecule has 2 heterocycles. The van der Waals surface area contributed by atoms with Crippen molar-refractivity contribution in [1.82, 2.24) is 14.7 Å². The third-order valence-electron chi connectivity index (χ3n) is 6.53. The molecule has 31 heavy (non-hydrogen) atoms. The number of amides is 3. The zero-order valence-electron chi connectivity index (χ0n) is 18.3. The first-order chi connectivity index (χ1) is 14.8. The first kappa shape index (κ1) is 23.9. The summed E-state index contributed by atoms with van der Waals surface area (Å²) in [5.41, 5.74) is 0.574. The predicted octanol–water partition coefficient (Wildman–Crippen LogP) is 4.59. The molecule has 3 rings (SSSR count). The molecule has 0 saturated carbocycles. The van der Waals surface area contributed by atoms with Crippen molar-refractivity contribution in [3.63, 3.8) is 0 Å². The third kappa shape index (κ3) is 5.53. The molecule has 0 N–H and O–H groups in total. The topological polar surface area (TPSA) is 60.9 Å². The van der Waals surface area contributed by atoms with Crippen LogP contribution in [0.1, 0.15) is 49.9 Å². The summed E-state index contributed by atoms with van der Waals surface area (Å²) < 4.78 is 0. The number of rotatable bonds is 5. The van der Waals surface area contributed by atoms with Gasteiger partial charge in [-0.1, -0.05) is 23.2 Å². The van der Waals surface area contributed by atoms with Crippen LogP contribution in [0.5, 0.6) is 0 Å². The van der Waals surface area contributed by atoms with E-state index in [-0.39, 0.29) is 29.6 Å². The van der Waals surface area contributed by atoms with Crippen LogP contribution in [0.3, 0.4) is 0 Å². The van der Waals surface area contributed by atoms with Crippen molar-refractivity contribution in [2.75, 3.05) is 39.3 Å². The number of likely N-dealkylation sites (tertiary alicyclic amines) is 2. The molecule has 170 valence electrons. The quantitative estimate of drug-likeness (QED) is 0.594. The van der Waals surface area contributed by atoms with Gasteiger partial charge in [-0.25, -0.2) is 4.79 Å². The molecular formula is C23H31Cl2N3O3. The van der Waals surface area contributed by atoms with Crippen LogP contribution in [0.25, 0.3) is 0 Å². The van der Waals surface area contributed by atoms with Gasteiger partial charge in [0.2, 0.25) is 5.91 Å². The molecule has 2 fully saturated rings. The second-order valence-electron chi connectivity index (χ2n) is 8.31. The molecule has 0 aliphatic carbocycles. The molecule has 2 saturated heterocycles. The number of ketones is 1. The Kier molecular flexibility index (Phi) is 8.23. The van der Waals surface area contributed by atoms with Gasteiger partial charge in [0.1, 0.15) is 0 Å². The summed E-state index contributed by atoms with van der Waals surface area (Å²) in [5, 5.41) is 0.814. The summed E-state index contributed by atoms with van der Waals surface area (Å²) in [6.45, 7) is 7.79. The molecule has 0 spiro atoms. The largest absolute Gasteiger partial charge is 0.342 e. The van der Waals surface area contributed by atoms with Crippen LogP contribution in [-0.4, -0.2) is 71.7 Å². The van der Waals surface area contributed by atoms with Crippen LogP contribution in [0.4, 0.5) is 4.79 Å². The van der Waals surface area contributed by atoms with Gasteiger partial charge in [0, 0.05) is 56.7 Å². The van der Waals surface area contributed by atoms with Crippen LogP contribution in [-0.2, 0) is 4.79 Å². The minimum atomic E-state index is -0.102. The maximum Gasteiger partial charge on any atom is 0.319 e. The lowest BCUT2D eigenvalue weighted by atomic mass is 9.87. The van der Waals surface area contributed by atoms with E-state index < -0.39 is 0 Å². The maximum absolute atomic E-state index is 13.0. The number of benzene rings is 1. The molecule has 0 atom stereocenters. The van der Waals surface area contributed by atoms with Crippen molar-refractivity contribution >= 4 is 40.9 Å². The van der Waals surface area contributed by atoms with E-state index in [1.807, 2.05) is 28.5 Å². The highest BCUT2D eigenvalue weighted by molar-refractivity contribution is 6.42. The second-order valence-corrected chi connectivity index (χ2v) is 9.12. The summed E-state index contributed by atoms with van der Waals surface area (Å²) in [6.07, 6.45) is 2.72. The van der Waals surface area contributed by atoms with E-state index in [9.17, 15) is 14.4 Å². The van der Waals surface area contributed by atoms with Gasteiger partial charge >= 0.3 is 6.03 Å². The fraction of sp³-hybridized carbons (Fsp3) is 0.609. The van der Waals surface area contributed by atoms with Gasteiger partial charge in [0.05, 0.1) is 10.0 Å². The minimum Gasteiger partial charge on any atom is -0.342 e. The average molecular weight is 468 g/mol. The van der Waals surface area contributed by atoms with Crippen LogP contribution in [0.15, 0.2) is 18.2 Å². The number of urea groups is 1. The van der Waals surface area contributed by atoms with E-state index in [0.29, 0.717) is 80.6 Å². The maximum atomic E-state index is 13.0. The monoisotopic (exact) mass is 467 g/mol. The molecule has 1 aromatic carbocycles. The molecule has 1 aromatic rings. The van der Waals surface area contributed by atoms with Crippen LogP contribution in [0.2, 0.25) is 10.0 Å².